The summed E-state index contributed by atoms with van der Waals surface area (Å²) in [6.07, 6.45) is 0. The van der Waals surface area contributed by atoms with Crippen LogP contribution in [0.4, 0.5) is 4.48 Å². The number of rotatable bonds is 2. The number of halogens is 2. The van der Waals surface area contributed by atoms with E-state index in [0.29, 0.717) is 5.02 Å². The monoisotopic (exact) mass is 215 g/mol. The molecule has 0 aliphatic rings. The number of hydrogen-bond donors (Lipinski definition) is 0. The molecule has 0 saturated carbocycles. The van der Waals surface area contributed by atoms with Gasteiger partial charge in [-0.25, -0.2) is 0 Å². The summed E-state index contributed by atoms with van der Waals surface area (Å²) in [6, 6.07) is 6.79. The molecule has 0 radical (unpaired) electrons. The summed E-state index contributed by atoms with van der Waals surface area (Å²) in [6.45, 7) is 1.65. The van der Waals surface area contributed by atoms with E-state index in [1.54, 1.807) is 31.2 Å². The first-order chi connectivity index (χ1) is 6.52. The van der Waals surface area contributed by atoms with Gasteiger partial charge in [-0.3, -0.25) is 4.79 Å². The molecule has 2 nitrogen and oxygen atoms in total. The Labute approximate surface area is 87.2 Å². The maximum absolute atomic E-state index is 12.6. The summed E-state index contributed by atoms with van der Waals surface area (Å²) >= 11 is 5.69. The van der Waals surface area contributed by atoms with Gasteiger partial charge >= 0.3 is 0 Å². The van der Waals surface area contributed by atoms with Gasteiger partial charge in [0.15, 0.2) is 0 Å². The number of nitrogens with zero attached hydrogens (tertiary/aromatic N) is 1. The van der Waals surface area contributed by atoms with Crippen LogP contribution in [0.25, 0.3) is 0 Å². The van der Waals surface area contributed by atoms with E-state index >= 15 is 0 Å². The van der Waals surface area contributed by atoms with Crippen LogP contribution in [0.15, 0.2) is 24.3 Å². The first kappa shape index (κ1) is 11.0. The fourth-order valence-corrected chi connectivity index (χ4v) is 1.29. The molecule has 1 rings (SSSR count). The normalized spacial score (nSPS) is 12.3. The summed E-state index contributed by atoms with van der Waals surface area (Å²) in [5.41, 5.74) is 0.754. The minimum absolute atomic E-state index is 0.0965. The van der Waals surface area contributed by atoms with E-state index in [2.05, 4.69) is 0 Å². The average Bonchev–Trinajstić information content (AvgIpc) is 2.16. The quantitative estimate of drug-likeness (QED) is 0.695. The highest BCUT2D eigenvalue weighted by molar-refractivity contribution is 6.30. The standard InChI is InChI=1S/C10H11ClFNO/c1-7(10(14)13(2)12)8-3-5-9(11)6-4-8/h3-7H,1-2H3. The number of benzene rings is 1. The molecule has 0 fully saturated rings. The Kier molecular flexibility index (Phi) is 3.47. The third-order valence-corrected chi connectivity index (χ3v) is 2.30. The second-order valence-electron chi connectivity index (χ2n) is 3.09. The van der Waals surface area contributed by atoms with Crippen LogP contribution in [0.1, 0.15) is 18.4 Å². The first-order valence-electron chi connectivity index (χ1n) is 4.21. The van der Waals surface area contributed by atoms with E-state index in [-0.39, 0.29) is 5.12 Å². The lowest BCUT2D eigenvalue weighted by atomic mass is 10.0. The summed E-state index contributed by atoms with van der Waals surface area (Å²) < 4.78 is 12.6. The molecule has 1 aromatic carbocycles. The highest BCUT2D eigenvalue weighted by Gasteiger charge is 2.18. The van der Waals surface area contributed by atoms with E-state index in [0.717, 1.165) is 12.6 Å². The van der Waals surface area contributed by atoms with Gasteiger partial charge in [0.1, 0.15) is 0 Å². The summed E-state index contributed by atoms with van der Waals surface area (Å²) in [7, 11) is 1.09. The molecule has 0 N–H and O–H groups in total. The Morgan fingerprint density at radius 2 is 1.93 bits per heavy atom. The van der Waals surface area contributed by atoms with Crippen molar-refractivity contribution in [1.82, 2.24) is 5.12 Å². The predicted molar refractivity (Wildman–Crippen MR) is 53.7 cm³/mol. The minimum atomic E-state index is -0.563. The molecule has 1 atom stereocenters. The molecular formula is C10H11ClFNO. The van der Waals surface area contributed by atoms with E-state index in [4.69, 9.17) is 11.6 Å². The van der Waals surface area contributed by atoms with Gasteiger partial charge in [0.2, 0.25) is 0 Å². The molecule has 0 aliphatic heterocycles. The Morgan fingerprint density at radius 1 is 1.43 bits per heavy atom. The maximum atomic E-state index is 12.6. The second kappa shape index (κ2) is 4.42. The molecule has 4 heteroatoms. The molecule has 0 spiro atoms. The fraction of sp³-hybridized carbons (Fsp3) is 0.300. The smallest absolute Gasteiger partial charge is 0.257 e. The van der Waals surface area contributed by atoms with Crippen LogP contribution in [-0.4, -0.2) is 18.1 Å². The van der Waals surface area contributed by atoms with E-state index < -0.39 is 11.8 Å². The third kappa shape index (κ3) is 2.45. The highest BCUT2D eigenvalue weighted by atomic mass is 35.5. The summed E-state index contributed by atoms with van der Waals surface area (Å²) in [5.74, 6) is -1.05. The lowest BCUT2D eigenvalue weighted by Crippen LogP contribution is -2.23. The van der Waals surface area contributed by atoms with Crippen LogP contribution in [0.5, 0.6) is 0 Å². The molecule has 0 saturated heterocycles. The van der Waals surface area contributed by atoms with Gasteiger partial charge in [-0.15, -0.1) is 0 Å². The lowest BCUT2D eigenvalue weighted by Gasteiger charge is -2.13. The molecule has 0 aliphatic carbocycles. The second-order valence-corrected chi connectivity index (χ2v) is 3.53. The zero-order valence-corrected chi connectivity index (χ0v) is 8.75. The number of likely N-dealkylation sites (N-methyl/N-ethyl adjacent to an activating group) is 1. The Bertz CT molecular complexity index is 323. The van der Waals surface area contributed by atoms with Crippen molar-refractivity contribution in [3.05, 3.63) is 34.9 Å². The van der Waals surface area contributed by atoms with Crippen LogP contribution >= 0.6 is 11.6 Å². The molecular weight excluding hydrogens is 205 g/mol. The van der Waals surface area contributed by atoms with Gasteiger partial charge in [0, 0.05) is 12.1 Å². The summed E-state index contributed by atoms with van der Waals surface area (Å²) in [4.78, 5) is 11.2. The highest BCUT2D eigenvalue weighted by Crippen LogP contribution is 2.19. The number of carbonyl (C=O) groups is 1. The van der Waals surface area contributed by atoms with Gasteiger partial charge in [0.05, 0.1) is 5.92 Å². The van der Waals surface area contributed by atoms with Gasteiger partial charge in [-0.1, -0.05) is 28.2 Å². The Balaban J connectivity index is 2.84. The van der Waals surface area contributed by atoms with Crippen molar-refractivity contribution in [1.29, 1.82) is 0 Å². The molecule has 76 valence electrons. The Morgan fingerprint density at radius 3 is 2.36 bits per heavy atom. The van der Waals surface area contributed by atoms with Crippen LogP contribution in [0, 0.1) is 0 Å². The lowest BCUT2D eigenvalue weighted by molar-refractivity contribution is -0.144. The SMILES string of the molecule is CC(C(=O)N(C)F)c1ccc(Cl)cc1. The van der Waals surface area contributed by atoms with E-state index in [1.807, 2.05) is 0 Å². The van der Waals surface area contributed by atoms with Crippen LogP contribution in [0.3, 0.4) is 0 Å². The van der Waals surface area contributed by atoms with Crippen molar-refractivity contribution in [2.24, 2.45) is 0 Å². The number of hydrogen-bond acceptors (Lipinski definition) is 1. The fourth-order valence-electron chi connectivity index (χ4n) is 1.16. The van der Waals surface area contributed by atoms with Crippen molar-refractivity contribution in [3.63, 3.8) is 0 Å². The van der Waals surface area contributed by atoms with Gasteiger partial charge in [-0.05, 0) is 24.6 Å². The zero-order valence-electron chi connectivity index (χ0n) is 8.00. The third-order valence-electron chi connectivity index (χ3n) is 2.04. The van der Waals surface area contributed by atoms with E-state index in [9.17, 15) is 9.28 Å². The minimum Gasteiger partial charge on any atom is -0.272 e. The Hall–Kier alpha value is -1.09. The average molecular weight is 216 g/mol. The molecule has 14 heavy (non-hydrogen) atoms. The van der Waals surface area contributed by atoms with Crippen molar-refractivity contribution in [2.75, 3.05) is 7.05 Å². The van der Waals surface area contributed by atoms with Gasteiger partial charge in [-0.2, -0.15) is 5.12 Å². The van der Waals surface area contributed by atoms with Gasteiger partial charge in [0.25, 0.3) is 5.91 Å². The van der Waals surface area contributed by atoms with Crippen molar-refractivity contribution >= 4 is 17.5 Å². The molecule has 0 aromatic heterocycles. The largest absolute Gasteiger partial charge is 0.272 e. The van der Waals surface area contributed by atoms with Crippen molar-refractivity contribution in [3.8, 4) is 0 Å². The molecule has 0 heterocycles. The zero-order chi connectivity index (χ0) is 10.7. The number of carbonyl (C=O) groups excluding carboxylic acids is 1. The van der Waals surface area contributed by atoms with Crippen molar-refractivity contribution in [2.45, 2.75) is 12.8 Å². The molecule has 0 bridgehead atoms. The van der Waals surface area contributed by atoms with Gasteiger partial charge < -0.3 is 0 Å². The molecule has 1 aromatic rings. The van der Waals surface area contributed by atoms with E-state index in [1.165, 1.54) is 0 Å². The van der Waals surface area contributed by atoms with Crippen LogP contribution in [-0.2, 0) is 4.79 Å². The number of amides is 1. The molecule has 1 amide bonds. The molecule has 1 unspecified atom stereocenters. The topological polar surface area (TPSA) is 20.3 Å². The first-order valence-corrected chi connectivity index (χ1v) is 4.59. The van der Waals surface area contributed by atoms with Crippen molar-refractivity contribution < 1.29 is 9.28 Å². The predicted octanol–water partition coefficient (Wildman–Crippen LogP) is 2.79. The maximum Gasteiger partial charge on any atom is 0.257 e. The summed E-state index contributed by atoms with van der Waals surface area (Å²) in [5, 5.41) is 0.696. The van der Waals surface area contributed by atoms with Crippen LogP contribution < -0.4 is 0 Å². The van der Waals surface area contributed by atoms with Crippen LogP contribution in [0.2, 0.25) is 5.02 Å².